The van der Waals surface area contributed by atoms with Crippen molar-refractivity contribution in [3.63, 3.8) is 0 Å². The number of oxazole rings is 1. The summed E-state index contributed by atoms with van der Waals surface area (Å²) >= 11 is 0. The molecule has 0 bridgehead atoms. The molecule has 1 aromatic carbocycles. The Balaban J connectivity index is 1.48. The van der Waals surface area contributed by atoms with Crippen LogP contribution in [0.15, 0.2) is 40.9 Å². The van der Waals surface area contributed by atoms with E-state index in [9.17, 15) is 9.59 Å². The number of aliphatic carboxylic acids is 1. The average molecular weight is 356 g/mol. The number of benzene rings is 1. The highest BCUT2D eigenvalue weighted by Gasteiger charge is 2.37. The van der Waals surface area contributed by atoms with Gasteiger partial charge in [0.25, 0.3) is 0 Å². The minimum Gasteiger partial charge on any atom is -0.481 e. The first-order chi connectivity index (χ1) is 12.6. The first kappa shape index (κ1) is 18.2. The molecule has 1 saturated carbocycles. The van der Waals surface area contributed by atoms with E-state index in [0.717, 1.165) is 37.0 Å². The van der Waals surface area contributed by atoms with Crippen LogP contribution in [-0.4, -0.2) is 27.5 Å². The molecule has 2 N–H and O–H groups in total. The van der Waals surface area contributed by atoms with Gasteiger partial charge in [-0.1, -0.05) is 43.2 Å². The summed E-state index contributed by atoms with van der Waals surface area (Å²) < 4.78 is 5.74. The molecule has 1 aromatic heterocycles. The van der Waals surface area contributed by atoms with E-state index in [1.807, 2.05) is 30.3 Å². The van der Waals surface area contributed by atoms with Crippen molar-refractivity contribution >= 4 is 11.9 Å². The Kier molecular flexibility index (Phi) is 5.71. The van der Waals surface area contributed by atoms with E-state index in [-0.39, 0.29) is 12.3 Å². The maximum absolute atomic E-state index is 12.2. The largest absolute Gasteiger partial charge is 0.481 e. The predicted molar refractivity (Wildman–Crippen MR) is 96.5 cm³/mol. The maximum Gasteiger partial charge on any atom is 0.305 e. The van der Waals surface area contributed by atoms with Gasteiger partial charge in [0, 0.05) is 18.4 Å². The smallest absolute Gasteiger partial charge is 0.305 e. The Labute approximate surface area is 152 Å². The minimum atomic E-state index is -0.861. The Hall–Kier alpha value is -2.63. The van der Waals surface area contributed by atoms with E-state index in [4.69, 9.17) is 9.52 Å². The van der Waals surface area contributed by atoms with Crippen molar-refractivity contribution in [1.29, 1.82) is 0 Å². The van der Waals surface area contributed by atoms with Crippen molar-refractivity contribution in [1.82, 2.24) is 10.3 Å². The predicted octanol–water partition coefficient (Wildman–Crippen LogP) is 3.57. The van der Waals surface area contributed by atoms with E-state index in [1.165, 1.54) is 0 Å². The lowest BCUT2D eigenvalue weighted by Crippen LogP contribution is -2.47. The number of carbonyl (C=O) groups is 2. The fourth-order valence-electron chi connectivity index (χ4n) is 3.61. The second-order valence-corrected chi connectivity index (χ2v) is 6.94. The van der Waals surface area contributed by atoms with Crippen LogP contribution >= 0.6 is 0 Å². The molecule has 1 aliphatic rings. The topological polar surface area (TPSA) is 92.4 Å². The molecule has 1 amide bonds. The summed E-state index contributed by atoms with van der Waals surface area (Å²) in [4.78, 5) is 27.6. The first-order valence-electron chi connectivity index (χ1n) is 9.09. The summed E-state index contributed by atoms with van der Waals surface area (Å²) in [5.41, 5.74) is 0.410. The molecular formula is C20H24N2O4. The Morgan fingerprint density at radius 3 is 2.62 bits per heavy atom. The second-order valence-electron chi connectivity index (χ2n) is 6.94. The van der Waals surface area contributed by atoms with Crippen molar-refractivity contribution in [3.05, 3.63) is 42.4 Å². The van der Waals surface area contributed by atoms with Gasteiger partial charge in [-0.15, -0.1) is 0 Å². The molecule has 0 radical (unpaired) electrons. The van der Waals surface area contributed by atoms with Gasteiger partial charge in [-0.2, -0.15) is 0 Å². The van der Waals surface area contributed by atoms with Gasteiger partial charge in [-0.05, 0) is 19.3 Å². The van der Waals surface area contributed by atoms with E-state index in [1.54, 1.807) is 6.20 Å². The van der Waals surface area contributed by atoms with E-state index >= 15 is 0 Å². The van der Waals surface area contributed by atoms with Crippen molar-refractivity contribution in [2.45, 2.75) is 56.9 Å². The van der Waals surface area contributed by atoms with E-state index < -0.39 is 11.5 Å². The summed E-state index contributed by atoms with van der Waals surface area (Å²) in [5.74, 6) is 0.373. The minimum absolute atomic E-state index is 0.00108. The van der Waals surface area contributed by atoms with Crippen molar-refractivity contribution < 1.29 is 19.1 Å². The molecule has 3 rings (SSSR count). The van der Waals surface area contributed by atoms with Crippen LogP contribution in [0.5, 0.6) is 0 Å². The van der Waals surface area contributed by atoms with Crippen LogP contribution in [0.25, 0.3) is 11.3 Å². The van der Waals surface area contributed by atoms with Crippen molar-refractivity contribution in [3.8, 4) is 11.3 Å². The molecule has 6 heteroatoms. The SMILES string of the molecule is O=C(O)CC1(NC(=O)CCCc2ncc(-c3ccccc3)o2)CCCC1. The highest BCUT2D eigenvalue weighted by atomic mass is 16.4. The summed E-state index contributed by atoms with van der Waals surface area (Å²) in [6.07, 6.45) is 6.64. The zero-order chi connectivity index (χ0) is 18.4. The van der Waals surface area contributed by atoms with Gasteiger partial charge in [0.05, 0.1) is 18.2 Å². The van der Waals surface area contributed by atoms with Gasteiger partial charge in [0.1, 0.15) is 0 Å². The maximum atomic E-state index is 12.2. The fourth-order valence-corrected chi connectivity index (χ4v) is 3.61. The number of hydrogen-bond acceptors (Lipinski definition) is 4. The number of amides is 1. The molecule has 0 atom stereocenters. The van der Waals surface area contributed by atoms with E-state index in [0.29, 0.717) is 25.2 Å². The number of hydrogen-bond donors (Lipinski definition) is 2. The molecule has 1 aliphatic carbocycles. The molecule has 0 saturated heterocycles. The summed E-state index contributed by atoms with van der Waals surface area (Å²) in [6, 6.07) is 9.75. The molecule has 6 nitrogen and oxygen atoms in total. The van der Waals surface area contributed by atoms with Crippen LogP contribution in [0.2, 0.25) is 0 Å². The number of rotatable bonds is 8. The zero-order valence-electron chi connectivity index (χ0n) is 14.7. The molecule has 0 aliphatic heterocycles. The van der Waals surface area contributed by atoms with Crippen LogP contribution in [0.1, 0.15) is 50.8 Å². The quantitative estimate of drug-likeness (QED) is 0.754. The van der Waals surface area contributed by atoms with Gasteiger partial charge in [-0.25, -0.2) is 4.98 Å². The third-order valence-corrected chi connectivity index (χ3v) is 4.86. The van der Waals surface area contributed by atoms with E-state index in [2.05, 4.69) is 10.3 Å². The standard InChI is InChI=1S/C20H24N2O4/c23-17(22-20(13-19(24)25)11-4-5-12-20)9-6-10-18-21-14-16(26-18)15-7-2-1-3-8-15/h1-3,7-8,14H,4-6,9-13H2,(H,22,23)(H,24,25). The fraction of sp³-hybridized carbons (Fsp3) is 0.450. The molecule has 0 unspecified atom stereocenters. The Morgan fingerprint density at radius 2 is 1.92 bits per heavy atom. The van der Waals surface area contributed by atoms with Crippen LogP contribution in [0.4, 0.5) is 0 Å². The summed E-state index contributed by atoms with van der Waals surface area (Å²) in [6.45, 7) is 0. The zero-order valence-corrected chi connectivity index (χ0v) is 14.7. The normalized spacial score (nSPS) is 15.7. The average Bonchev–Trinajstić information content (AvgIpc) is 3.25. The summed E-state index contributed by atoms with van der Waals surface area (Å²) in [7, 11) is 0. The molecule has 138 valence electrons. The number of carbonyl (C=O) groups excluding carboxylic acids is 1. The number of aryl methyl sites for hydroxylation is 1. The molecule has 2 aromatic rings. The third kappa shape index (κ3) is 4.71. The van der Waals surface area contributed by atoms with Crippen LogP contribution < -0.4 is 5.32 Å². The number of nitrogens with one attached hydrogen (secondary N) is 1. The highest BCUT2D eigenvalue weighted by Crippen LogP contribution is 2.32. The van der Waals surface area contributed by atoms with Gasteiger partial charge in [0.15, 0.2) is 11.7 Å². The molecular weight excluding hydrogens is 332 g/mol. The number of aromatic nitrogens is 1. The van der Waals surface area contributed by atoms with Crippen molar-refractivity contribution in [2.24, 2.45) is 0 Å². The monoisotopic (exact) mass is 356 g/mol. The lowest BCUT2D eigenvalue weighted by atomic mass is 9.93. The molecule has 26 heavy (non-hydrogen) atoms. The lowest BCUT2D eigenvalue weighted by Gasteiger charge is -2.28. The Bertz CT molecular complexity index is 748. The van der Waals surface area contributed by atoms with Crippen molar-refractivity contribution in [2.75, 3.05) is 0 Å². The molecule has 1 heterocycles. The highest BCUT2D eigenvalue weighted by molar-refractivity contribution is 5.78. The molecule has 0 spiro atoms. The number of nitrogens with zero attached hydrogens (tertiary/aromatic N) is 1. The number of carboxylic acids is 1. The van der Waals surface area contributed by atoms with Gasteiger partial charge in [-0.3, -0.25) is 9.59 Å². The lowest BCUT2D eigenvalue weighted by molar-refractivity contribution is -0.139. The number of carboxylic acid groups (broad SMARTS) is 1. The molecule has 1 fully saturated rings. The van der Waals surface area contributed by atoms with Gasteiger partial charge < -0.3 is 14.8 Å². The summed E-state index contributed by atoms with van der Waals surface area (Å²) in [5, 5.41) is 12.1. The van der Waals surface area contributed by atoms with Gasteiger partial charge >= 0.3 is 5.97 Å². The van der Waals surface area contributed by atoms with Crippen LogP contribution in [-0.2, 0) is 16.0 Å². The first-order valence-corrected chi connectivity index (χ1v) is 9.09. The Morgan fingerprint density at radius 1 is 1.19 bits per heavy atom. The third-order valence-electron chi connectivity index (χ3n) is 4.86. The van der Waals surface area contributed by atoms with Gasteiger partial charge in [0.2, 0.25) is 5.91 Å². The van der Waals surface area contributed by atoms with Crippen LogP contribution in [0.3, 0.4) is 0 Å². The van der Waals surface area contributed by atoms with Crippen LogP contribution in [0, 0.1) is 0 Å². The second kappa shape index (κ2) is 8.17.